The predicted molar refractivity (Wildman–Crippen MR) is 76.1 cm³/mol. The molecule has 0 bridgehead atoms. The van der Waals surface area contributed by atoms with Gasteiger partial charge in [-0.25, -0.2) is 0 Å². The minimum atomic E-state index is 0.208. The lowest BCUT2D eigenvalue weighted by atomic mass is 9.97. The average Bonchev–Trinajstić information content (AvgIpc) is 2.89. The molecule has 0 radical (unpaired) electrons. The molecule has 1 N–H and O–H groups in total. The van der Waals surface area contributed by atoms with Crippen LogP contribution in [0.4, 0.5) is 0 Å². The molecule has 18 heavy (non-hydrogen) atoms. The van der Waals surface area contributed by atoms with Crippen molar-refractivity contribution in [2.75, 3.05) is 19.6 Å². The third kappa shape index (κ3) is 3.56. The summed E-state index contributed by atoms with van der Waals surface area (Å²) < 4.78 is 0. The first kappa shape index (κ1) is 13.6. The SMILES string of the molecule is CC(C)NCC1CCCN(C(=O)c2cccs2)C1. The molecule has 1 aliphatic rings. The van der Waals surface area contributed by atoms with E-state index in [0.29, 0.717) is 12.0 Å². The predicted octanol–water partition coefficient (Wildman–Crippen LogP) is 2.60. The summed E-state index contributed by atoms with van der Waals surface area (Å²) in [5.41, 5.74) is 0. The van der Waals surface area contributed by atoms with Gasteiger partial charge >= 0.3 is 0 Å². The van der Waals surface area contributed by atoms with Gasteiger partial charge in [-0.2, -0.15) is 0 Å². The highest BCUT2D eigenvalue weighted by molar-refractivity contribution is 7.12. The Labute approximate surface area is 113 Å². The molecule has 100 valence electrons. The van der Waals surface area contributed by atoms with Crippen molar-refractivity contribution < 1.29 is 4.79 Å². The third-order valence-corrected chi connectivity index (χ3v) is 4.21. The van der Waals surface area contributed by atoms with E-state index in [9.17, 15) is 4.79 Å². The highest BCUT2D eigenvalue weighted by atomic mass is 32.1. The molecule has 0 spiro atoms. The van der Waals surface area contributed by atoms with Gasteiger partial charge in [-0.1, -0.05) is 19.9 Å². The molecule has 1 atom stereocenters. The van der Waals surface area contributed by atoms with Crippen molar-refractivity contribution in [2.45, 2.75) is 32.7 Å². The van der Waals surface area contributed by atoms with Crippen LogP contribution >= 0.6 is 11.3 Å². The fourth-order valence-electron chi connectivity index (χ4n) is 2.37. The van der Waals surface area contributed by atoms with E-state index in [-0.39, 0.29) is 5.91 Å². The van der Waals surface area contributed by atoms with Crippen LogP contribution in [0.3, 0.4) is 0 Å². The zero-order chi connectivity index (χ0) is 13.0. The topological polar surface area (TPSA) is 32.3 Å². The van der Waals surface area contributed by atoms with Crippen LogP contribution in [0.15, 0.2) is 17.5 Å². The van der Waals surface area contributed by atoms with Crippen molar-refractivity contribution in [3.05, 3.63) is 22.4 Å². The van der Waals surface area contributed by atoms with E-state index >= 15 is 0 Å². The summed E-state index contributed by atoms with van der Waals surface area (Å²) in [6.45, 7) is 7.16. The molecule has 3 nitrogen and oxygen atoms in total. The number of thiophene rings is 1. The number of carbonyl (C=O) groups excluding carboxylic acids is 1. The van der Waals surface area contributed by atoms with Gasteiger partial charge in [0.25, 0.3) is 5.91 Å². The number of carbonyl (C=O) groups is 1. The molecule has 1 aromatic heterocycles. The minimum Gasteiger partial charge on any atom is -0.338 e. The molecule has 1 fully saturated rings. The van der Waals surface area contributed by atoms with E-state index in [1.807, 2.05) is 22.4 Å². The molecular formula is C14H22N2OS. The zero-order valence-electron chi connectivity index (χ0n) is 11.2. The Balaban J connectivity index is 1.88. The minimum absolute atomic E-state index is 0.208. The number of amides is 1. The van der Waals surface area contributed by atoms with Gasteiger partial charge in [0.15, 0.2) is 0 Å². The second-order valence-electron chi connectivity index (χ2n) is 5.30. The van der Waals surface area contributed by atoms with Crippen LogP contribution in [0.25, 0.3) is 0 Å². The smallest absolute Gasteiger partial charge is 0.263 e. The average molecular weight is 266 g/mol. The number of rotatable bonds is 4. The van der Waals surface area contributed by atoms with Crippen LogP contribution in [-0.4, -0.2) is 36.5 Å². The Kier molecular flexibility index (Phi) is 4.78. The third-order valence-electron chi connectivity index (χ3n) is 3.35. The first-order chi connectivity index (χ1) is 8.66. The number of hydrogen-bond acceptors (Lipinski definition) is 3. The number of nitrogens with zero attached hydrogens (tertiary/aromatic N) is 1. The quantitative estimate of drug-likeness (QED) is 0.908. The molecule has 1 saturated heterocycles. The molecule has 1 amide bonds. The number of piperidine rings is 1. The molecule has 2 rings (SSSR count). The van der Waals surface area contributed by atoms with Gasteiger partial charge in [0, 0.05) is 19.1 Å². The van der Waals surface area contributed by atoms with E-state index in [1.54, 1.807) is 0 Å². The summed E-state index contributed by atoms with van der Waals surface area (Å²) in [5.74, 6) is 0.810. The van der Waals surface area contributed by atoms with Crippen LogP contribution in [0.1, 0.15) is 36.4 Å². The maximum atomic E-state index is 12.3. The first-order valence-electron chi connectivity index (χ1n) is 6.73. The highest BCUT2D eigenvalue weighted by Gasteiger charge is 2.24. The second kappa shape index (κ2) is 6.34. The summed E-state index contributed by atoms with van der Waals surface area (Å²) in [7, 11) is 0. The van der Waals surface area contributed by atoms with Crippen molar-refractivity contribution in [3.8, 4) is 0 Å². The maximum absolute atomic E-state index is 12.3. The largest absolute Gasteiger partial charge is 0.338 e. The van der Waals surface area contributed by atoms with E-state index < -0.39 is 0 Å². The molecule has 1 unspecified atom stereocenters. The van der Waals surface area contributed by atoms with E-state index in [4.69, 9.17) is 0 Å². The Morgan fingerprint density at radius 3 is 3.11 bits per heavy atom. The highest BCUT2D eigenvalue weighted by Crippen LogP contribution is 2.20. The van der Waals surface area contributed by atoms with Crippen molar-refractivity contribution in [3.63, 3.8) is 0 Å². The zero-order valence-corrected chi connectivity index (χ0v) is 12.0. The van der Waals surface area contributed by atoms with Crippen LogP contribution in [0, 0.1) is 5.92 Å². The van der Waals surface area contributed by atoms with Gasteiger partial charge in [-0.05, 0) is 36.8 Å². The van der Waals surface area contributed by atoms with Gasteiger partial charge in [0.2, 0.25) is 0 Å². The first-order valence-corrected chi connectivity index (χ1v) is 7.61. The van der Waals surface area contributed by atoms with Crippen molar-refractivity contribution in [2.24, 2.45) is 5.92 Å². The van der Waals surface area contributed by atoms with Crippen molar-refractivity contribution in [1.29, 1.82) is 0 Å². The summed E-state index contributed by atoms with van der Waals surface area (Å²) >= 11 is 1.54. The van der Waals surface area contributed by atoms with Gasteiger partial charge in [-0.3, -0.25) is 4.79 Å². The van der Waals surface area contributed by atoms with Gasteiger partial charge in [-0.15, -0.1) is 11.3 Å². The normalized spacial score (nSPS) is 20.4. The lowest BCUT2D eigenvalue weighted by Crippen LogP contribution is -2.43. The van der Waals surface area contributed by atoms with Crippen molar-refractivity contribution in [1.82, 2.24) is 10.2 Å². The Morgan fingerprint density at radius 1 is 1.61 bits per heavy atom. The Morgan fingerprint density at radius 2 is 2.44 bits per heavy atom. The summed E-state index contributed by atoms with van der Waals surface area (Å²) in [6.07, 6.45) is 2.36. The maximum Gasteiger partial charge on any atom is 0.263 e. The molecule has 0 saturated carbocycles. The van der Waals surface area contributed by atoms with Gasteiger partial charge in [0.1, 0.15) is 0 Å². The number of hydrogen-bond donors (Lipinski definition) is 1. The summed E-state index contributed by atoms with van der Waals surface area (Å²) in [5, 5.41) is 5.44. The molecule has 4 heteroatoms. The Bertz CT molecular complexity index is 375. The molecular weight excluding hydrogens is 244 g/mol. The molecule has 1 aromatic rings. The van der Waals surface area contributed by atoms with E-state index in [0.717, 1.165) is 30.9 Å². The van der Waals surface area contributed by atoms with Gasteiger partial charge in [0.05, 0.1) is 4.88 Å². The summed E-state index contributed by atoms with van der Waals surface area (Å²) in [6, 6.07) is 4.39. The van der Waals surface area contributed by atoms with Crippen LogP contribution in [0.5, 0.6) is 0 Å². The second-order valence-corrected chi connectivity index (χ2v) is 6.25. The van der Waals surface area contributed by atoms with Gasteiger partial charge < -0.3 is 10.2 Å². The van der Waals surface area contributed by atoms with E-state index in [1.165, 1.54) is 17.8 Å². The Hall–Kier alpha value is -0.870. The molecule has 1 aliphatic heterocycles. The molecule has 0 aromatic carbocycles. The fraction of sp³-hybridized carbons (Fsp3) is 0.643. The van der Waals surface area contributed by atoms with Crippen LogP contribution in [-0.2, 0) is 0 Å². The van der Waals surface area contributed by atoms with Crippen molar-refractivity contribution >= 4 is 17.2 Å². The molecule has 2 heterocycles. The summed E-state index contributed by atoms with van der Waals surface area (Å²) in [4.78, 5) is 15.1. The number of nitrogens with one attached hydrogen (secondary N) is 1. The van der Waals surface area contributed by atoms with Crippen LogP contribution < -0.4 is 5.32 Å². The van der Waals surface area contributed by atoms with Crippen LogP contribution in [0.2, 0.25) is 0 Å². The number of likely N-dealkylation sites (tertiary alicyclic amines) is 1. The lowest BCUT2D eigenvalue weighted by Gasteiger charge is -2.33. The fourth-order valence-corrected chi connectivity index (χ4v) is 3.07. The lowest BCUT2D eigenvalue weighted by molar-refractivity contribution is 0.0677. The van der Waals surface area contributed by atoms with E-state index in [2.05, 4.69) is 19.2 Å². The molecule has 0 aliphatic carbocycles. The standard InChI is InChI=1S/C14H22N2OS/c1-11(2)15-9-12-5-3-7-16(10-12)14(17)13-6-4-8-18-13/h4,6,8,11-12,15H,3,5,7,9-10H2,1-2H3. The monoisotopic (exact) mass is 266 g/mol.